The molecule has 0 fully saturated rings. The number of hydrogen-bond donors (Lipinski definition) is 3. The average molecular weight is 509 g/mol. The molecule has 0 aromatic heterocycles. The lowest BCUT2D eigenvalue weighted by molar-refractivity contribution is -0.141. The monoisotopic (exact) mass is 508 g/mol. The van der Waals surface area contributed by atoms with Crippen LogP contribution in [0.2, 0.25) is 0 Å². The second-order valence-electron chi connectivity index (χ2n) is 8.70. The van der Waals surface area contributed by atoms with Gasteiger partial charge in [0, 0.05) is 0 Å². The number of benzene rings is 4. The van der Waals surface area contributed by atoms with Gasteiger partial charge in [0.05, 0.1) is 6.42 Å². The number of alkyl carbamates (subject to hydrolysis) is 1. The fourth-order valence-electron chi connectivity index (χ4n) is 4.33. The van der Waals surface area contributed by atoms with E-state index in [0.29, 0.717) is 0 Å². The van der Waals surface area contributed by atoms with Crippen LogP contribution < -0.4 is 10.6 Å². The minimum Gasteiger partial charge on any atom is -0.480 e. The molecule has 4 aromatic carbocycles. The van der Waals surface area contributed by atoms with Crippen LogP contribution in [0.1, 0.15) is 28.7 Å². The number of carbonyl (C=O) groups excluding carboxylic acids is 2. The summed E-state index contributed by atoms with van der Waals surface area (Å²) in [5.74, 6) is -1.90. The number of amides is 2. The standard InChI is InChI=1S/C31H28N2O5/c34-28(21-27(29(35)36)32-30(37)38-22-23-13-5-1-6-14-23)33-31(24-15-7-2-8-16-24,25-17-9-3-10-18-25)26-19-11-4-12-20-26/h1-20,27H,21-22H2,(H,32,37)(H,33,34)(H,35,36)/t27-/m1/s1. The summed E-state index contributed by atoms with van der Waals surface area (Å²) in [6.45, 7) is -0.0235. The first-order valence-electron chi connectivity index (χ1n) is 12.2. The van der Waals surface area contributed by atoms with E-state index in [2.05, 4.69) is 10.6 Å². The van der Waals surface area contributed by atoms with Gasteiger partial charge in [-0.15, -0.1) is 0 Å². The summed E-state index contributed by atoms with van der Waals surface area (Å²) in [5.41, 5.74) is 2.05. The van der Waals surface area contributed by atoms with Gasteiger partial charge in [-0.2, -0.15) is 0 Å². The maximum Gasteiger partial charge on any atom is 0.408 e. The van der Waals surface area contributed by atoms with Gasteiger partial charge in [-0.3, -0.25) is 4.79 Å². The van der Waals surface area contributed by atoms with E-state index in [-0.39, 0.29) is 6.61 Å². The third kappa shape index (κ3) is 6.25. The second kappa shape index (κ2) is 12.4. The highest BCUT2D eigenvalue weighted by molar-refractivity contribution is 5.88. The Kier molecular flexibility index (Phi) is 8.51. The van der Waals surface area contributed by atoms with Crippen molar-refractivity contribution in [3.8, 4) is 0 Å². The number of carboxylic acid groups (broad SMARTS) is 1. The van der Waals surface area contributed by atoms with Crippen molar-refractivity contribution >= 4 is 18.0 Å². The smallest absolute Gasteiger partial charge is 0.408 e. The fraction of sp³-hybridized carbons (Fsp3) is 0.129. The Bertz CT molecular complexity index is 1250. The Morgan fingerprint density at radius 3 is 1.53 bits per heavy atom. The molecular formula is C31H28N2O5. The summed E-state index contributed by atoms with van der Waals surface area (Å²) in [5, 5.41) is 15.2. The van der Waals surface area contributed by atoms with E-state index in [4.69, 9.17) is 4.74 Å². The number of rotatable bonds is 10. The van der Waals surface area contributed by atoms with Crippen LogP contribution in [0.4, 0.5) is 4.79 Å². The molecule has 192 valence electrons. The Morgan fingerprint density at radius 1 is 0.684 bits per heavy atom. The first-order valence-corrected chi connectivity index (χ1v) is 12.2. The van der Waals surface area contributed by atoms with Gasteiger partial charge in [0.15, 0.2) is 0 Å². The van der Waals surface area contributed by atoms with Gasteiger partial charge < -0.3 is 20.5 Å². The molecule has 4 aromatic rings. The number of aliphatic carboxylic acids is 1. The molecule has 0 bridgehead atoms. The average Bonchev–Trinajstić information content (AvgIpc) is 2.96. The summed E-state index contributed by atoms with van der Waals surface area (Å²) >= 11 is 0. The molecule has 1 atom stereocenters. The van der Waals surface area contributed by atoms with Crippen molar-refractivity contribution in [2.45, 2.75) is 24.6 Å². The number of carbonyl (C=O) groups is 3. The molecule has 0 unspecified atom stereocenters. The first-order chi connectivity index (χ1) is 18.5. The number of nitrogens with one attached hydrogen (secondary N) is 2. The largest absolute Gasteiger partial charge is 0.480 e. The fourth-order valence-corrected chi connectivity index (χ4v) is 4.33. The Labute approximate surface area is 221 Å². The molecule has 0 spiro atoms. The van der Waals surface area contributed by atoms with Crippen molar-refractivity contribution in [3.63, 3.8) is 0 Å². The normalized spacial score (nSPS) is 11.7. The summed E-state index contributed by atoms with van der Waals surface area (Å²) < 4.78 is 5.15. The molecule has 7 nitrogen and oxygen atoms in total. The quantitative estimate of drug-likeness (QED) is 0.265. The van der Waals surface area contributed by atoms with Gasteiger partial charge in [0.1, 0.15) is 18.2 Å². The molecule has 7 heteroatoms. The Hall–Kier alpha value is -4.91. The summed E-state index contributed by atoms with van der Waals surface area (Å²) in [6.07, 6.45) is -1.42. The van der Waals surface area contributed by atoms with Crippen LogP contribution in [0, 0.1) is 0 Å². The van der Waals surface area contributed by atoms with Gasteiger partial charge in [0.2, 0.25) is 5.91 Å². The van der Waals surface area contributed by atoms with Crippen LogP contribution in [0.5, 0.6) is 0 Å². The van der Waals surface area contributed by atoms with Crippen molar-refractivity contribution in [1.82, 2.24) is 10.6 Å². The highest BCUT2D eigenvalue weighted by Crippen LogP contribution is 2.36. The molecule has 0 saturated carbocycles. The summed E-state index contributed by atoms with van der Waals surface area (Å²) in [4.78, 5) is 37.8. The van der Waals surface area contributed by atoms with E-state index >= 15 is 0 Å². The summed E-state index contributed by atoms with van der Waals surface area (Å²) in [6, 6.07) is 35.9. The molecule has 2 amide bonds. The molecule has 3 N–H and O–H groups in total. The maximum absolute atomic E-state index is 13.5. The van der Waals surface area contributed by atoms with Crippen LogP contribution in [-0.2, 0) is 26.5 Å². The molecule has 4 rings (SSSR count). The van der Waals surface area contributed by atoms with E-state index in [9.17, 15) is 19.5 Å². The van der Waals surface area contributed by atoms with Gasteiger partial charge in [-0.1, -0.05) is 121 Å². The van der Waals surface area contributed by atoms with Crippen molar-refractivity contribution < 1.29 is 24.2 Å². The lowest BCUT2D eigenvalue weighted by atomic mass is 9.77. The molecule has 0 radical (unpaired) electrons. The Balaban J connectivity index is 1.59. The first kappa shape index (κ1) is 26.2. The van der Waals surface area contributed by atoms with E-state index < -0.39 is 36.0 Å². The third-order valence-corrected chi connectivity index (χ3v) is 6.14. The highest BCUT2D eigenvalue weighted by atomic mass is 16.5. The van der Waals surface area contributed by atoms with Crippen molar-refractivity contribution in [1.29, 1.82) is 0 Å². The topological polar surface area (TPSA) is 105 Å². The van der Waals surface area contributed by atoms with Gasteiger partial charge >= 0.3 is 12.1 Å². The molecular weight excluding hydrogens is 480 g/mol. The van der Waals surface area contributed by atoms with E-state index in [0.717, 1.165) is 22.3 Å². The van der Waals surface area contributed by atoms with Crippen molar-refractivity contribution in [3.05, 3.63) is 144 Å². The molecule has 0 aliphatic carbocycles. The predicted octanol–water partition coefficient (Wildman–Crippen LogP) is 4.86. The van der Waals surface area contributed by atoms with Crippen LogP contribution in [0.15, 0.2) is 121 Å². The molecule has 38 heavy (non-hydrogen) atoms. The van der Waals surface area contributed by atoms with E-state index in [1.54, 1.807) is 24.3 Å². The zero-order chi connectivity index (χ0) is 26.8. The zero-order valence-electron chi connectivity index (χ0n) is 20.6. The third-order valence-electron chi connectivity index (χ3n) is 6.14. The van der Waals surface area contributed by atoms with E-state index in [1.165, 1.54) is 0 Å². The summed E-state index contributed by atoms with van der Waals surface area (Å²) in [7, 11) is 0. The van der Waals surface area contributed by atoms with Crippen LogP contribution >= 0.6 is 0 Å². The van der Waals surface area contributed by atoms with Crippen molar-refractivity contribution in [2.75, 3.05) is 0 Å². The molecule has 0 aliphatic heterocycles. The Morgan fingerprint density at radius 2 is 1.11 bits per heavy atom. The minimum atomic E-state index is -1.49. The number of carboxylic acids is 1. The number of ether oxygens (including phenoxy) is 1. The second-order valence-corrected chi connectivity index (χ2v) is 8.70. The predicted molar refractivity (Wildman–Crippen MR) is 143 cm³/mol. The van der Waals surface area contributed by atoms with Gasteiger partial charge in [-0.05, 0) is 22.3 Å². The van der Waals surface area contributed by atoms with E-state index in [1.807, 2.05) is 97.1 Å². The SMILES string of the molecule is O=C(C[C@@H](NC(=O)OCc1ccccc1)C(=O)O)NC(c1ccccc1)(c1ccccc1)c1ccccc1. The van der Waals surface area contributed by atoms with Crippen molar-refractivity contribution in [2.24, 2.45) is 0 Å². The van der Waals surface area contributed by atoms with Gasteiger partial charge in [0.25, 0.3) is 0 Å². The van der Waals surface area contributed by atoms with Crippen LogP contribution in [-0.4, -0.2) is 29.1 Å². The zero-order valence-corrected chi connectivity index (χ0v) is 20.6. The lowest BCUT2D eigenvalue weighted by Gasteiger charge is -2.37. The molecule has 0 heterocycles. The number of hydrogen-bond acceptors (Lipinski definition) is 4. The minimum absolute atomic E-state index is 0.0235. The van der Waals surface area contributed by atoms with Crippen LogP contribution in [0.25, 0.3) is 0 Å². The molecule has 0 saturated heterocycles. The maximum atomic E-state index is 13.5. The lowest BCUT2D eigenvalue weighted by Crippen LogP contribution is -2.51. The molecule has 0 aliphatic rings. The van der Waals surface area contributed by atoms with Crippen LogP contribution in [0.3, 0.4) is 0 Å². The van der Waals surface area contributed by atoms with Gasteiger partial charge in [-0.25, -0.2) is 9.59 Å². The highest BCUT2D eigenvalue weighted by Gasteiger charge is 2.38.